The van der Waals surface area contributed by atoms with E-state index in [9.17, 15) is 0 Å². The second-order valence-electron chi connectivity index (χ2n) is 3.68. The smallest absolute Gasteiger partial charge is 0.411 e. The van der Waals surface area contributed by atoms with Crippen molar-refractivity contribution in [2.45, 2.75) is 51.8 Å². The van der Waals surface area contributed by atoms with Crippen molar-refractivity contribution in [1.29, 1.82) is 0 Å². The van der Waals surface area contributed by atoms with Gasteiger partial charge in [-0.15, -0.1) is 0 Å². The summed E-state index contributed by atoms with van der Waals surface area (Å²) in [5, 5.41) is 0. The summed E-state index contributed by atoms with van der Waals surface area (Å²) in [6.45, 7) is 5.60. The van der Waals surface area contributed by atoms with Crippen LogP contribution in [0.15, 0.2) is 0 Å². The SMILES string of the molecule is CCOB(OCC)C1CCCCC1. The second-order valence-corrected chi connectivity index (χ2v) is 3.68. The van der Waals surface area contributed by atoms with E-state index in [1.807, 2.05) is 13.8 Å². The van der Waals surface area contributed by atoms with E-state index in [4.69, 9.17) is 9.31 Å². The summed E-state index contributed by atoms with van der Waals surface area (Å²) in [5.41, 5.74) is 0. The third-order valence-corrected chi connectivity index (χ3v) is 2.70. The topological polar surface area (TPSA) is 18.5 Å². The predicted octanol–water partition coefficient (Wildman–Crippen LogP) is 2.88. The van der Waals surface area contributed by atoms with Crippen molar-refractivity contribution in [3.05, 3.63) is 0 Å². The van der Waals surface area contributed by atoms with Gasteiger partial charge < -0.3 is 9.31 Å². The van der Waals surface area contributed by atoms with Gasteiger partial charge in [0, 0.05) is 13.2 Å². The second kappa shape index (κ2) is 6.44. The molecule has 0 unspecified atom stereocenters. The van der Waals surface area contributed by atoms with E-state index in [2.05, 4.69) is 0 Å². The van der Waals surface area contributed by atoms with Gasteiger partial charge in [0.05, 0.1) is 0 Å². The Kier molecular flexibility index (Phi) is 5.48. The van der Waals surface area contributed by atoms with E-state index in [1.165, 1.54) is 32.1 Å². The van der Waals surface area contributed by atoms with Gasteiger partial charge in [-0.05, 0) is 19.7 Å². The Morgan fingerprint density at radius 1 is 1.00 bits per heavy atom. The lowest BCUT2D eigenvalue weighted by Gasteiger charge is -2.25. The fraction of sp³-hybridized carbons (Fsp3) is 1.00. The first kappa shape index (κ1) is 11.1. The lowest BCUT2D eigenvalue weighted by Crippen LogP contribution is -2.30. The molecule has 2 nitrogen and oxygen atoms in total. The molecular weight excluding hydrogens is 163 g/mol. The molecule has 3 heteroatoms. The number of rotatable bonds is 5. The maximum absolute atomic E-state index is 5.60. The van der Waals surface area contributed by atoms with Crippen molar-refractivity contribution in [3.63, 3.8) is 0 Å². The first-order valence-electron chi connectivity index (χ1n) is 5.61. The number of hydrogen-bond donors (Lipinski definition) is 0. The Morgan fingerprint density at radius 3 is 2.00 bits per heavy atom. The predicted molar refractivity (Wildman–Crippen MR) is 55.8 cm³/mol. The quantitative estimate of drug-likeness (QED) is 0.611. The van der Waals surface area contributed by atoms with E-state index in [0.29, 0.717) is 5.82 Å². The van der Waals surface area contributed by atoms with Crippen LogP contribution in [0.5, 0.6) is 0 Å². The van der Waals surface area contributed by atoms with Gasteiger partial charge in [-0.1, -0.05) is 32.1 Å². The van der Waals surface area contributed by atoms with Crippen LogP contribution in [0.2, 0.25) is 5.82 Å². The normalized spacial score (nSPS) is 18.9. The fourth-order valence-electron chi connectivity index (χ4n) is 2.06. The van der Waals surface area contributed by atoms with Gasteiger partial charge >= 0.3 is 7.12 Å². The van der Waals surface area contributed by atoms with Gasteiger partial charge in [-0.3, -0.25) is 0 Å². The molecule has 0 N–H and O–H groups in total. The average Bonchev–Trinajstić information content (AvgIpc) is 2.19. The molecule has 0 atom stereocenters. The Labute approximate surface area is 82.1 Å². The van der Waals surface area contributed by atoms with Crippen LogP contribution in [0.3, 0.4) is 0 Å². The molecule has 0 bridgehead atoms. The molecule has 0 aliphatic heterocycles. The first-order valence-corrected chi connectivity index (χ1v) is 5.61. The molecule has 0 saturated heterocycles. The number of hydrogen-bond acceptors (Lipinski definition) is 2. The summed E-state index contributed by atoms with van der Waals surface area (Å²) in [4.78, 5) is 0. The van der Waals surface area contributed by atoms with Crippen molar-refractivity contribution < 1.29 is 9.31 Å². The van der Waals surface area contributed by atoms with Gasteiger partial charge in [0.25, 0.3) is 0 Å². The summed E-state index contributed by atoms with van der Waals surface area (Å²) >= 11 is 0. The highest BCUT2D eigenvalue weighted by atomic mass is 16.6. The summed E-state index contributed by atoms with van der Waals surface area (Å²) in [6.07, 6.45) is 6.65. The highest BCUT2D eigenvalue weighted by Crippen LogP contribution is 2.31. The molecule has 1 aliphatic rings. The van der Waals surface area contributed by atoms with Crippen LogP contribution in [0.1, 0.15) is 46.0 Å². The Balaban J connectivity index is 2.32. The third-order valence-electron chi connectivity index (χ3n) is 2.70. The van der Waals surface area contributed by atoms with E-state index in [0.717, 1.165) is 13.2 Å². The molecule has 76 valence electrons. The lowest BCUT2D eigenvalue weighted by atomic mass is 9.64. The Morgan fingerprint density at radius 2 is 1.54 bits per heavy atom. The first-order chi connectivity index (χ1) is 6.38. The zero-order chi connectivity index (χ0) is 9.52. The van der Waals surface area contributed by atoms with E-state index < -0.39 is 0 Å². The molecule has 0 amide bonds. The molecule has 0 radical (unpaired) electrons. The van der Waals surface area contributed by atoms with Gasteiger partial charge in [-0.25, -0.2) is 0 Å². The van der Waals surface area contributed by atoms with Crippen molar-refractivity contribution in [2.24, 2.45) is 0 Å². The molecule has 0 aromatic carbocycles. The third kappa shape index (κ3) is 3.69. The van der Waals surface area contributed by atoms with Crippen molar-refractivity contribution in [3.8, 4) is 0 Å². The van der Waals surface area contributed by atoms with Gasteiger partial charge in [-0.2, -0.15) is 0 Å². The fourth-order valence-corrected chi connectivity index (χ4v) is 2.06. The summed E-state index contributed by atoms with van der Waals surface area (Å²) in [5.74, 6) is 0.647. The van der Waals surface area contributed by atoms with Crippen LogP contribution in [0.25, 0.3) is 0 Å². The van der Waals surface area contributed by atoms with Crippen molar-refractivity contribution in [1.82, 2.24) is 0 Å². The van der Waals surface area contributed by atoms with E-state index in [-0.39, 0.29) is 7.12 Å². The van der Waals surface area contributed by atoms with Crippen LogP contribution in [-0.4, -0.2) is 20.3 Å². The van der Waals surface area contributed by atoms with Crippen LogP contribution < -0.4 is 0 Å². The minimum Gasteiger partial charge on any atom is -0.411 e. The van der Waals surface area contributed by atoms with Crippen LogP contribution in [0, 0.1) is 0 Å². The highest BCUT2D eigenvalue weighted by molar-refractivity contribution is 6.46. The molecule has 0 aromatic heterocycles. The van der Waals surface area contributed by atoms with Gasteiger partial charge in [0.15, 0.2) is 0 Å². The molecule has 0 heterocycles. The molecule has 0 aromatic rings. The molecular formula is C10H21BO2. The highest BCUT2D eigenvalue weighted by Gasteiger charge is 2.30. The zero-order valence-electron chi connectivity index (χ0n) is 8.92. The zero-order valence-corrected chi connectivity index (χ0v) is 8.92. The van der Waals surface area contributed by atoms with Gasteiger partial charge in [0.1, 0.15) is 0 Å². The maximum Gasteiger partial charge on any atom is 0.460 e. The van der Waals surface area contributed by atoms with Crippen molar-refractivity contribution >= 4 is 7.12 Å². The minimum atomic E-state index is 0.0651. The Hall–Kier alpha value is -0.0151. The monoisotopic (exact) mass is 184 g/mol. The Bertz CT molecular complexity index is 118. The van der Waals surface area contributed by atoms with Gasteiger partial charge in [0.2, 0.25) is 0 Å². The molecule has 1 aliphatic carbocycles. The minimum absolute atomic E-state index is 0.0651. The van der Waals surface area contributed by atoms with Crippen LogP contribution in [-0.2, 0) is 9.31 Å². The molecule has 1 saturated carbocycles. The largest absolute Gasteiger partial charge is 0.460 e. The standard InChI is InChI=1S/C10H21BO2/c1-3-12-11(13-4-2)10-8-6-5-7-9-10/h10H,3-9H2,1-2H3. The summed E-state index contributed by atoms with van der Waals surface area (Å²) < 4.78 is 11.2. The molecule has 13 heavy (non-hydrogen) atoms. The lowest BCUT2D eigenvalue weighted by molar-refractivity contribution is 0.196. The summed E-state index contributed by atoms with van der Waals surface area (Å²) in [6, 6.07) is 0. The maximum atomic E-state index is 5.60. The van der Waals surface area contributed by atoms with E-state index in [1.54, 1.807) is 0 Å². The summed E-state index contributed by atoms with van der Waals surface area (Å²) in [7, 11) is 0.0651. The van der Waals surface area contributed by atoms with Crippen molar-refractivity contribution in [2.75, 3.05) is 13.2 Å². The molecule has 1 fully saturated rings. The van der Waals surface area contributed by atoms with E-state index >= 15 is 0 Å². The molecule has 0 spiro atoms. The van der Waals surface area contributed by atoms with Crippen LogP contribution in [0.4, 0.5) is 0 Å². The van der Waals surface area contributed by atoms with Crippen LogP contribution >= 0.6 is 0 Å². The molecule has 1 rings (SSSR count). The average molecular weight is 184 g/mol.